The lowest BCUT2D eigenvalue weighted by molar-refractivity contribution is -0.119. The molecule has 1 aromatic carbocycles. The fourth-order valence-electron chi connectivity index (χ4n) is 1.85. The topological polar surface area (TPSA) is 75.7 Å². The summed E-state index contributed by atoms with van der Waals surface area (Å²) in [6.07, 6.45) is 1.70. The normalized spacial score (nSPS) is 11.6. The second kappa shape index (κ2) is 9.19. The highest BCUT2D eigenvalue weighted by atomic mass is 35.5. The number of ether oxygens (including phenoxy) is 1. The van der Waals surface area contributed by atoms with Crippen molar-refractivity contribution in [3.05, 3.63) is 29.0 Å². The number of rotatable bonds is 9. The molecule has 136 valence electrons. The number of carbonyl (C=O) groups excluding carboxylic acids is 1. The average molecular weight is 381 g/mol. The van der Waals surface area contributed by atoms with Gasteiger partial charge in [0, 0.05) is 13.2 Å². The lowest BCUT2D eigenvalue weighted by Gasteiger charge is -2.22. The third kappa shape index (κ3) is 7.02. The standard InChI is InChI=1S/C15H22ClFN2O4S/c1-11(2)23-8-4-7-18-15(20)10-19(24(3,21)22)12-5-6-14(17)13(16)9-12/h5-6,9,11H,4,7-8,10H2,1-3H3,(H,18,20). The van der Waals surface area contributed by atoms with E-state index in [0.29, 0.717) is 19.6 Å². The summed E-state index contributed by atoms with van der Waals surface area (Å²) in [5.41, 5.74) is 0.127. The van der Waals surface area contributed by atoms with Crippen LogP contribution in [0.15, 0.2) is 18.2 Å². The maximum atomic E-state index is 13.2. The number of carbonyl (C=O) groups is 1. The molecule has 0 unspecified atom stereocenters. The van der Waals surface area contributed by atoms with Crippen molar-refractivity contribution >= 4 is 33.2 Å². The zero-order valence-corrected chi connectivity index (χ0v) is 15.5. The Balaban J connectivity index is 2.67. The Bertz CT molecular complexity index is 667. The van der Waals surface area contributed by atoms with Crippen LogP contribution in [0.3, 0.4) is 0 Å². The van der Waals surface area contributed by atoms with Gasteiger partial charge in [-0.15, -0.1) is 0 Å². The summed E-state index contributed by atoms with van der Waals surface area (Å²) >= 11 is 5.68. The molecule has 1 rings (SSSR count). The molecule has 0 aromatic heterocycles. The van der Waals surface area contributed by atoms with Gasteiger partial charge in [-0.3, -0.25) is 9.10 Å². The molecular weight excluding hydrogens is 359 g/mol. The van der Waals surface area contributed by atoms with Crippen molar-refractivity contribution in [2.24, 2.45) is 0 Å². The third-order valence-corrected chi connectivity index (χ3v) is 4.40. The maximum absolute atomic E-state index is 13.2. The molecule has 0 atom stereocenters. The summed E-state index contributed by atoms with van der Waals surface area (Å²) in [6, 6.07) is 3.48. The van der Waals surface area contributed by atoms with E-state index in [1.807, 2.05) is 13.8 Å². The summed E-state index contributed by atoms with van der Waals surface area (Å²) < 4.78 is 43.3. The van der Waals surface area contributed by atoms with Crippen molar-refractivity contribution in [3.63, 3.8) is 0 Å². The van der Waals surface area contributed by atoms with Crippen LogP contribution in [-0.2, 0) is 19.6 Å². The van der Waals surface area contributed by atoms with Gasteiger partial charge < -0.3 is 10.1 Å². The van der Waals surface area contributed by atoms with Gasteiger partial charge in [-0.2, -0.15) is 0 Å². The van der Waals surface area contributed by atoms with E-state index in [-0.39, 0.29) is 16.8 Å². The van der Waals surface area contributed by atoms with Crippen LogP contribution in [0.1, 0.15) is 20.3 Å². The first-order valence-corrected chi connectivity index (χ1v) is 9.65. The zero-order valence-electron chi connectivity index (χ0n) is 13.9. The van der Waals surface area contributed by atoms with Crippen molar-refractivity contribution < 1.29 is 22.3 Å². The highest BCUT2D eigenvalue weighted by molar-refractivity contribution is 7.92. The predicted octanol–water partition coefficient (Wildman–Crippen LogP) is 2.18. The molecule has 0 radical (unpaired) electrons. The van der Waals surface area contributed by atoms with E-state index >= 15 is 0 Å². The molecule has 24 heavy (non-hydrogen) atoms. The van der Waals surface area contributed by atoms with Crippen molar-refractivity contribution in [3.8, 4) is 0 Å². The molecule has 1 N–H and O–H groups in total. The van der Waals surface area contributed by atoms with Crippen LogP contribution >= 0.6 is 11.6 Å². The van der Waals surface area contributed by atoms with Gasteiger partial charge in [0.1, 0.15) is 12.4 Å². The van der Waals surface area contributed by atoms with Gasteiger partial charge in [0.05, 0.1) is 23.1 Å². The van der Waals surface area contributed by atoms with E-state index in [4.69, 9.17) is 16.3 Å². The average Bonchev–Trinajstić information content (AvgIpc) is 2.46. The number of nitrogens with zero attached hydrogens (tertiary/aromatic N) is 1. The molecule has 0 bridgehead atoms. The van der Waals surface area contributed by atoms with Gasteiger partial charge in [-0.05, 0) is 38.5 Å². The molecule has 0 aliphatic carbocycles. The highest BCUT2D eigenvalue weighted by Crippen LogP contribution is 2.24. The third-order valence-electron chi connectivity index (χ3n) is 2.97. The SMILES string of the molecule is CC(C)OCCCNC(=O)CN(c1ccc(F)c(Cl)c1)S(C)(=O)=O. The molecule has 0 aliphatic heterocycles. The first-order chi connectivity index (χ1) is 11.1. The number of nitrogens with one attached hydrogen (secondary N) is 1. The van der Waals surface area contributed by atoms with Gasteiger partial charge in [-0.1, -0.05) is 11.6 Å². The van der Waals surface area contributed by atoms with E-state index in [2.05, 4.69) is 5.32 Å². The lowest BCUT2D eigenvalue weighted by atomic mass is 10.3. The molecule has 0 saturated heterocycles. The Morgan fingerprint density at radius 1 is 1.42 bits per heavy atom. The number of sulfonamides is 1. The number of benzene rings is 1. The van der Waals surface area contributed by atoms with Crippen LogP contribution < -0.4 is 9.62 Å². The first kappa shape index (κ1) is 20.7. The van der Waals surface area contributed by atoms with Crippen LogP contribution in [-0.4, -0.2) is 46.4 Å². The molecule has 9 heteroatoms. The zero-order chi connectivity index (χ0) is 18.3. The number of hydrogen-bond acceptors (Lipinski definition) is 4. The molecule has 0 fully saturated rings. The lowest BCUT2D eigenvalue weighted by Crippen LogP contribution is -2.40. The van der Waals surface area contributed by atoms with Crippen molar-refractivity contribution in [2.45, 2.75) is 26.4 Å². The van der Waals surface area contributed by atoms with E-state index in [0.717, 1.165) is 16.6 Å². The Labute approximate surface area is 147 Å². The summed E-state index contributed by atoms with van der Waals surface area (Å²) in [7, 11) is -3.72. The predicted molar refractivity (Wildman–Crippen MR) is 92.3 cm³/mol. The van der Waals surface area contributed by atoms with Gasteiger partial charge in [0.25, 0.3) is 0 Å². The van der Waals surface area contributed by atoms with Gasteiger partial charge in [0.15, 0.2) is 0 Å². The Kier molecular flexibility index (Phi) is 7.92. The van der Waals surface area contributed by atoms with Crippen LogP contribution in [0.5, 0.6) is 0 Å². The second-order valence-corrected chi connectivity index (χ2v) is 7.81. The Morgan fingerprint density at radius 2 is 2.08 bits per heavy atom. The monoisotopic (exact) mass is 380 g/mol. The van der Waals surface area contributed by atoms with Crippen LogP contribution in [0.4, 0.5) is 10.1 Å². The second-order valence-electron chi connectivity index (χ2n) is 5.49. The minimum Gasteiger partial charge on any atom is -0.379 e. The summed E-state index contributed by atoms with van der Waals surface area (Å²) in [5, 5.41) is 2.41. The van der Waals surface area contributed by atoms with E-state index < -0.39 is 28.3 Å². The number of amides is 1. The minimum atomic E-state index is -3.72. The van der Waals surface area contributed by atoms with Gasteiger partial charge in [-0.25, -0.2) is 12.8 Å². The first-order valence-electron chi connectivity index (χ1n) is 7.42. The number of hydrogen-bond donors (Lipinski definition) is 1. The van der Waals surface area contributed by atoms with Gasteiger partial charge in [0.2, 0.25) is 15.9 Å². The molecule has 1 amide bonds. The fourth-order valence-corrected chi connectivity index (χ4v) is 2.87. The van der Waals surface area contributed by atoms with Crippen LogP contribution in [0.2, 0.25) is 5.02 Å². The maximum Gasteiger partial charge on any atom is 0.240 e. The van der Waals surface area contributed by atoms with E-state index in [9.17, 15) is 17.6 Å². The quantitative estimate of drug-likeness (QED) is 0.666. The molecular formula is C15H22ClFN2O4S. The molecule has 0 saturated carbocycles. The summed E-state index contributed by atoms with van der Waals surface area (Å²) in [6.45, 7) is 4.28. The van der Waals surface area contributed by atoms with Crippen LogP contribution in [0.25, 0.3) is 0 Å². The largest absolute Gasteiger partial charge is 0.379 e. The van der Waals surface area contributed by atoms with Crippen LogP contribution in [0, 0.1) is 5.82 Å². The molecule has 0 aliphatic rings. The summed E-state index contributed by atoms with van der Waals surface area (Å²) in [4.78, 5) is 12.0. The highest BCUT2D eigenvalue weighted by Gasteiger charge is 2.21. The molecule has 6 nitrogen and oxygen atoms in total. The number of halogens is 2. The number of anilines is 1. The Hall–Kier alpha value is -1.38. The smallest absolute Gasteiger partial charge is 0.240 e. The van der Waals surface area contributed by atoms with Gasteiger partial charge >= 0.3 is 0 Å². The molecule has 0 heterocycles. The Morgan fingerprint density at radius 3 is 2.62 bits per heavy atom. The van der Waals surface area contributed by atoms with E-state index in [1.54, 1.807) is 0 Å². The van der Waals surface area contributed by atoms with Crippen molar-refractivity contribution in [2.75, 3.05) is 30.3 Å². The summed E-state index contributed by atoms with van der Waals surface area (Å²) in [5.74, 6) is -1.13. The van der Waals surface area contributed by atoms with Crippen molar-refractivity contribution in [1.29, 1.82) is 0 Å². The van der Waals surface area contributed by atoms with Crippen molar-refractivity contribution in [1.82, 2.24) is 5.32 Å². The fraction of sp³-hybridized carbons (Fsp3) is 0.533. The molecule has 0 spiro atoms. The minimum absolute atomic E-state index is 0.115. The molecule has 1 aromatic rings. The van der Waals surface area contributed by atoms with E-state index in [1.165, 1.54) is 12.1 Å².